The zero-order valence-electron chi connectivity index (χ0n) is 17.3. The van der Waals surface area contributed by atoms with E-state index in [2.05, 4.69) is 22.1 Å². The maximum atomic E-state index is 13.9. The minimum Gasteiger partial charge on any atom is -0.342 e. The first kappa shape index (κ1) is 22.9. The summed E-state index contributed by atoms with van der Waals surface area (Å²) in [5.41, 5.74) is 0.921. The van der Waals surface area contributed by atoms with Crippen molar-refractivity contribution in [1.29, 1.82) is 5.26 Å². The van der Waals surface area contributed by atoms with Gasteiger partial charge in [-0.25, -0.2) is 4.39 Å². The second kappa shape index (κ2) is 10.5. The SMILES string of the molecule is C=CCn1c(SCC(=O)c2ccc(C#N)cc2)nnc1[C@@H](C)NC(=O)c1ccccc1F. The van der Waals surface area contributed by atoms with Gasteiger partial charge in [0.2, 0.25) is 0 Å². The molecule has 3 aromatic rings. The standard InChI is InChI=1S/C23H20FN5O2S/c1-3-12-29-21(15(2)26-22(31)18-6-4-5-7-19(18)24)27-28-23(29)32-14-20(30)17-10-8-16(13-25)9-11-17/h3-11,15H,1,12,14H2,2H3,(H,26,31)/t15-/m1/s1. The maximum Gasteiger partial charge on any atom is 0.254 e. The van der Waals surface area contributed by atoms with Gasteiger partial charge in [-0.3, -0.25) is 9.59 Å². The lowest BCUT2D eigenvalue weighted by atomic mass is 10.1. The number of hydrogen-bond acceptors (Lipinski definition) is 6. The molecule has 0 spiro atoms. The van der Waals surface area contributed by atoms with Crippen LogP contribution < -0.4 is 5.32 Å². The van der Waals surface area contributed by atoms with E-state index in [4.69, 9.17) is 5.26 Å². The van der Waals surface area contributed by atoms with E-state index >= 15 is 0 Å². The Bertz CT molecular complexity index is 1180. The monoisotopic (exact) mass is 449 g/mol. The van der Waals surface area contributed by atoms with Gasteiger partial charge in [0.1, 0.15) is 5.82 Å². The van der Waals surface area contributed by atoms with Crippen LogP contribution in [0.25, 0.3) is 0 Å². The summed E-state index contributed by atoms with van der Waals surface area (Å²) in [6.45, 7) is 5.83. The summed E-state index contributed by atoms with van der Waals surface area (Å²) in [7, 11) is 0. The third kappa shape index (κ3) is 5.28. The van der Waals surface area contributed by atoms with Crippen molar-refractivity contribution < 1.29 is 14.0 Å². The molecule has 0 saturated heterocycles. The van der Waals surface area contributed by atoms with Gasteiger partial charge in [0.05, 0.1) is 29.0 Å². The predicted molar refractivity (Wildman–Crippen MR) is 119 cm³/mol. The van der Waals surface area contributed by atoms with Gasteiger partial charge in [0, 0.05) is 12.1 Å². The fourth-order valence-electron chi connectivity index (χ4n) is 2.96. The van der Waals surface area contributed by atoms with Gasteiger partial charge in [0.25, 0.3) is 5.91 Å². The molecule has 1 N–H and O–H groups in total. The van der Waals surface area contributed by atoms with Crippen molar-refractivity contribution in [2.45, 2.75) is 24.7 Å². The largest absolute Gasteiger partial charge is 0.342 e. The Hall–Kier alpha value is -3.77. The Morgan fingerprint density at radius 3 is 2.62 bits per heavy atom. The maximum absolute atomic E-state index is 13.9. The summed E-state index contributed by atoms with van der Waals surface area (Å²) in [6, 6.07) is 13.6. The molecule has 0 unspecified atom stereocenters. The third-order valence-corrected chi connectivity index (χ3v) is 5.55. The van der Waals surface area contributed by atoms with E-state index in [0.717, 1.165) is 0 Å². The lowest BCUT2D eigenvalue weighted by molar-refractivity contribution is 0.0932. The van der Waals surface area contributed by atoms with Gasteiger partial charge in [-0.05, 0) is 31.2 Å². The quantitative estimate of drug-likeness (QED) is 0.302. The first-order chi connectivity index (χ1) is 15.4. The molecule has 0 saturated carbocycles. The number of nitrogens with one attached hydrogen (secondary N) is 1. The molecule has 162 valence electrons. The number of carbonyl (C=O) groups excluding carboxylic acids is 2. The molecule has 1 heterocycles. The normalized spacial score (nSPS) is 11.4. The highest BCUT2D eigenvalue weighted by Crippen LogP contribution is 2.22. The van der Waals surface area contributed by atoms with E-state index in [-0.39, 0.29) is 17.1 Å². The van der Waals surface area contributed by atoms with Crippen LogP contribution in [-0.4, -0.2) is 32.2 Å². The van der Waals surface area contributed by atoms with Gasteiger partial charge in [-0.1, -0.05) is 42.1 Å². The van der Waals surface area contributed by atoms with Gasteiger partial charge >= 0.3 is 0 Å². The number of carbonyl (C=O) groups is 2. The van der Waals surface area contributed by atoms with Crippen LogP contribution in [0.1, 0.15) is 45.1 Å². The number of nitrogens with zero attached hydrogens (tertiary/aromatic N) is 4. The molecule has 0 aliphatic heterocycles. The summed E-state index contributed by atoms with van der Waals surface area (Å²) >= 11 is 1.21. The van der Waals surface area contributed by atoms with Crippen molar-refractivity contribution >= 4 is 23.5 Å². The molecule has 1 amide bonds. The summed E-state index contributed by atoms with van der Waals surface area (Å²) in [5, 5.41) is 20.4. The number of ketones is 1. The van der Waals surface area contributed by atoms with Crippen LogP contribution in [0.3, 0.4) is 0 Å². The van der Waals surface area contributed by atoms with Crippen LogP contribution in [0.4, 0.5) is 4.39 Å². The van der Waals surface area contributed by atoms with Crippen molar-refractivity contribution in [2.24, 2.45) is 0 Å². The average molecular weight is 450 g/mol. The lowest BCUT2D eigenvalue weighted by Gasteiger charge is -2.15. The molecule has 0 aliphatic rings. The molecule has 7 nitrogen and oxygen atoms in total. The average Bonchev–Trinajstić information content (AvgIpc) is 3.20. The van der Waals surface area contributed by atoms with Crippen molar-refractivity contribution in [3.63, 3.8) is 0 Å². The first-order valence-electron chi connectivity index (χ1n) is 9.70. The van der Waals surface area contributed by atoms with Crippen LogP contribution in [0.5, 0.6) is 0 Å². The molecule has 2 aromatic carbocycles. The highest BCUT2D eigenvalue weighted by Gasteiger charge is 2.21. The first-order valence-corrected chi connectivity index (χ1v) is 10.7. The molecule has 3 rings (SSSR count). The Kier molecular flexibility index (Phi) is 7.52. The molecule has 1 atom stereocenters. The Labute approximate surface area is 189 Å². The fourth-order valence-corrected chi connectivity index (χ4v) is 3.81. The fraction of sp³-hybridized carbons (Fsp3) is 0.174. The van der Waals surface area contributed by atoms with E-state index < -0.39 is 17.8 Å². The number of nitriles is 1. The van der Waals surface area contributed by atoms with Crippen LogP contribution in [0, 0.1) is 17.1 Å². The summed E-state index contributed by atoms with van der Waals surface area (Å²) in [6.07, 6.45) is 1.66. The molecule has 0 aliphatic carbocycles. The number of hydrogen-bond donors (Lipinski definition) is 1. The summed E-state index contributed by atoms with van der Waals surface area (Å²) in [4.78, 5) is 24.9. The molecular weight excluding hydrogens is 429 g/mol. The Morgan fingerprint density at radius 1 is 1.25 bits per heavy atom. The zero-order chi connectivity index (χ0) is 23.1. The van der Waals surface area contributed by atoms with E-state index in [0.29, 0.717) is 28.7 Å². The molecule has 0 bridgehead atoms. The van der Waals surface area contributed by atoms with Crippen LogP contribution in [-0.2, 0) is 6.54 Å². The second-order valence-electron chi connectivity index (χ2n) is 6.82. The van der Waals surface area contributed by atoms with E-state index in [9.17, 15) is 14.0 Å². The lowest BCUT2D eigenvalue weighted by Crippen LogP contribution is -2.29. The number of halogens is 1. The zero-order valence-corrected chi connectivity index (χ0v) is 18.1. The van der Waals surface area contributed by atoms with Gasteiger partial charge in [0.15, 0.2) is 16.8 Å². The number of amides is 1. The van der Waals surface area contributed by atoms with Crippen LogP contribution >= 0.6 is 11.8 Å². The number of benzene rings is 2. The molecule has 32 heavy (non-hydrogen) atoms. The van der Waals surface area contributed by atoms with Crippen LogP contribution in [0.15, 0.2) is 66.3 Å². The van der Waals surface area contributed by atoms with Gasteiger partial charge in [-0.15, -0.1) is 16.8 Å². The Morgan fingerprint density at radius 2 is 1.97 bits per heavy atom. The third-order valence-electron chi connectivity index (χ3n) is 4.58. The second-order valence-corrected chi connectivity index (χ2v) is 7.76. The number of thioether (sulfide) groups is 1. The number of allylic oxidation sites excluding steroid dienone is 1. The summed E-state index contributed by atoms with van der Waals surface area (Å²) in [5.74, 6) is -0.703. The van der Waals surface area contributed by atoms with E-state index in [1.807, 2.05) is 6.07 Å². The van der Waals surface area contributed by atoms with Gasteiger partial charge < -0.3 is 9.88 Å². The molecule has 0 fully saturated rings. The smallest absolute Gasteiger partial charge is 0.254 e. The molecule has 9 heteroatoms. The molecular formula is C23H20FN5O2S. The van der Waals surface area contributed by atoms with E-state index in [1.54, 1.807) is 47.9 Å². The van der Waals surface area contributed by atoms with Gasteiger partial charge in [-0.2, -0.15) is 5.26 Å². The highest BCUT2D eigenvalue weighted by atomic mass is 32.2. The minimum absolute atomic E-state index is 0.0586. The van der Waals surface area contributed by atoms with Crippen molar-refractivity contribution in [3.05, 3.63) is 89.5 Å². The van der Waals surface area contributed by atoms with Crippen molar-refractivity contribution in [1.82, 2.24) is 20.1 Å². The summed E-state index contributed by atoms with van der Waals surface area (Å²) < 4.78 is 15.6. The number of aromatic nitrogens is 3. The van der Waals surface area contributed by atoms with Crippen LogP contribution in [0.2, 0.25) is 0 Å². The predicted octanol–water partition coefficient (Wildman–Crippen LogP) is 3.94. The molecule has 0 radical (unpaired) electrons. The number of Topliss-reactive ketones (excluding diaryl/α,β-unsaturated/α-hetero) is 1. The minimum atomic E-state index is -0.609. The van der Waals surface area contributed by atoms with E-state index in [1.165, 1.54) is 30.0 Å². The number of rotatable bonds is 9. The topological polar surface area (TPSA) is 101 Å². The van der Waals surface area contributed by atoms with Crippen molar-refractivity contribution in [3.8, 4) is 6.07 Å². The molecule has 1 aromatic heterocycles. The highest BCUT2D eigenvalue weighted by molar-refractivity contribution is 7.99. The Balaban J connectivity index is 1.72. The van der Waals surface area contributed by atoms with Crippen molar-refractivity contribution in [2.75, 3.05) is 5.75 Å².